The summed E-state index contributed by atoms with van der Waals surface area (Å²) in [5.74, 6) is -0.591. The monoisotopic (exact) mass is 409 g/mol. The van der Waals surface area contributed by atoms with Crippen LogP contribution in [0.4, 0.5) is 11.4 Å². The van der Waals surface area contributed by atoms with Gasteiger partial charge in [0.2, 0.25) is 0 Å². The van der Waals surface area contributed by atoms with Crippen LogP contribution < -0.4 is 9.80 Å². The number of rotatable bonds is 6. The normalized spacial score (nSPS) is 14.6. The lowest BCUT2D eigenvalue weighted by Gasteiger charge is -2.38. The van der Waals surface area contributed by atoms with Gasteiger partial charge in [0.05, 0.1) is 17.9 Å². The number of benzene rings is 2. The molecule has 0 spiro atoms. The van der Waals surface area contributed by atoms with Crippen molar-refractivity contribution in [2.45, 2.75) is 26.8 Å². The first-order chi connectivity index (χ1) is 14.4. The number of esters is 1. The molecule has 160 valence electrons. The summed E-state index contributed by atoms with van der Waals surface area (Å²) in [5.41, 5.74) is 2.63. The van der Waals surface area contributed by atoms with Gasteiger partial charge in [-0.15, -0.1) is 0 Å². The molecule has 3 rings (SSSR count). The first-order valence-corrected chi connectivity index (χ1v) is 10.6. The molecule has 1 amide bonds. The van der Waals surface area contributed by atoms with Crippen LogP contribution in [0.5, 0.6) is 0 Å². The lowest BCUT2D eigenvalue weighted by molar-refractivity contribution is 0.0527. The van der Waals surface area contributed by atoms with Crippen LogP contribution in [0, 0.1) is 0 Å². The van der Waals surface area contributed by atoms with Crippen molar-refractivity contribution in [3.8, 4) is 0 Å². The summed E-state index contributed by atoms with van der Waals surface area (Å²) in [4.78, 5) is 31.6. The van der Waals surface area contributed by atoms with Crippen molar-refractivity contribution in [1.29, 1.82) is 0 Å². The maximum atomic E-state index is 13.0. The van der Waals surface area contributed by atoms with Crippen LogP contribution in [-0.2, 0) is 4.74 Å². The Bertz CT molecular complexity index is 872. The Hall–Kier alpha value is -2.86. The Balaban J connectivity index is 1.72. The molecule has 0 atom stereocenters. The number of carbonyl (C=O) groups excluding carboxylic acids is 2. The number of piperazine rings is 1. The molecule has 2 aromatic carbocycles. The summed E-state index contributed by atoms with van der Waals surface area (Å²) < 4.78 is 5.12. The number of anilines is 2. The molecule has 1 aliphatic heterocycles. The van der Waals surface area contributed by atoms with E-state index in [0.29, 0.717) is 22.9 Å². The number of amides is 1. The Morgan fingerprint density at radius 2 is 1.63 bits per heavy atom. The van der Waals surface area contributed by atoms with Gasteiger partial charge in [-0.2, -0.15) is 0 Å². The molecule has 0 aromatic heterocycles. The highest BCUT2D eigenvalue weighted by Gasteiger charge is 2.22. The average Bonchev–Trinajstić information content (AvgIpc) is 2.78. The maximum absolute atomic E-state index is 13.0. The fourth-order valence-corrected chi connectivity index (χ4v) is 3.76. The number of hydrogen-bond acceptors (Lipinski definition) is 5. The van der Waals surface area contributed by atoms with Gasteiger partial charge in [-0.1, -0.05) is 12.1 Å². The minimum atomic E-state index is -0.427. The summed E-state index contributed by atoms with van der Waals surface area (Å²) in [5, 5.41) is 0. The number of hydrogen-bond donors (Lipinski definition) is 0. The molecule has 1 fully saturated rings. The summed E-state index contributed by atoms with van der Waals surface area (Å²) in [7, 11) is 1.68. The lowest BCUT2D eigenvalue weighted by Crippen LogP contribution is -2.48. The Kier molecular flexibility index (Phi) is 7.11. The third-order valence-electron chi connectivity index (χ3n) is 5.59. The summed E-state index contributed by atoms with van der Waals surface area (Å²) >= 11 is 0. The van der Waals surface area contributed by atoms with Crippen molar-refractivity contribution in [1.82, 2.24) is 4.90 Å². The predicted octanol–water partition coefficient (Wildman–Crippen LogP) is 3.67. The van der Waals surface area contributed by atoms with E-state index in [1.165, 1.54) is 4.90 Å². The predicted molar refractivity (Wildman–Crippen MR) is 120 cm³/mol. The Morgan fingerprint density at radius 1 is 1.00 bits per heavy atom. The van der Waals surface area contributed by atoms with E-state index in [1.807, 2.05) is 30.3 Å². The first kappa shape index (κ1) is 21.8. The van der Waals surface area contributed by atoms with Gasteiger partial charge in [0, 0.05) is 50.5 Å². The Morgan fingerprint density at radius 3 is 2.23 bits per heavy atom. The van der Waals surface area contributed by atoms with Crippen molar-refractivity contribution < 1.29 is 14.3 Å². The zero-order chi connectivity index (χ0) is 21.7. The van der Waals surface area contributed by atoms with Gasteiger partial charge in [0.1, 0.15) is 0 Å². The highest BCUT2D eigenvalue weighted by molar-refractivity contribution is 6.09. The number of nitrogens with zero attached hydrogens (tertiary/aromatic N) is 3. The molecule has 0 saturated carbocycles. The smallest absolute Gasteiger partial charge is 0.340 e. The van der Waals surface area contributed by atoms with Crippen LogP contribution >= 0.6 is 0 Å². The summed E-state index contributed by atoms with van der Waals surface area (Å²) in [6.45, 7) is 10.6. The first-order valence-electron chi connectivity index (χ1n) is 10.6. The van der Waals surface area contributed by atoms with Crippen molar-refractivity contribution in [2.75, 3.05) is 49.6 Å². The largest absolute Gasteiger partial charge is 0.462 e. The lowest BCUT2D eigenvalue weighted by atomic mass is 10.1. The van der Waals surface area contributed by atoms with Crippen molar-refractivity contribution in [2.24, 2.45) is 0 Å². The van der Waals surface area contributed by atoms with E-state index in [-0.39, 0.29) is 12.5 Å². The van der Waals surface area contributed by atoms with Gasteiger partial charge in [0.25, 0.3) is 5.91 Å². The van der Waals surface area contributed by atoms with E-state index in [4.69, 9.17) is 4.74 Å². The topological polar surface area (TPSA) is 53.1 Å². The van der Waals surface area contributed by atoms with Gasteiger partial charge >= 0.3 is 5.97 Å². The van der Waals surface area contributed by atoms with Crippen LogP contribution in [0.1, 0.15) is 41.5 Å². The van der Waals surface area contributed by atoms with Gasteiger partial charge in [-0.3, -0.25) is 9.69 Å². The number of carbonyl (C=O) groups is 2. The van der Waals surface area contributed by atoms with Gasteiger partial charge in [-0.25, -0.2) is 4.79 Å². The van der Waals surface area contributed by atoms with Gasteiger partial charge < -0.3 is 14.5 Å². The molecular formula is C24H31N3O3. The molecule has 1 saturated heterocycles. The standard InChI is InChI=1S/C24H31N3O3/c1-5-30-24(29)21-8-6-7-9-22(21)25(4)23(28)19-10-12-20(13-11-19)27-16-14-26(15-17-27)18(2)3/h6-13,18H,5,14-17H2,1-4H3. The summed E-state index contributed by atoms with van der Waals surface area (Å²) in [6, 6.07) is 15.3. The van der Waals surface area contributed by atoms with E-state index in [2.05, 4.69) is 23.6 Å². The quantitative estimate of drug-likeness (QED) is 0.682. The van der Waals surface area contributed by atoms with E-state index in [0.717, 1.165) is 31.9 Å². The highest BCUT2D eigenvalue weighted by Crippen LogP contribution is 2.24. The van der Waals surface area contributed by atoms with Crippen LogP contribution in [-0.4, -0.2) is 62.7 Å². The fraction of sp³-hybridized carbons (Fsp3) is 0.417. The van der Waals surface area contributed by atoms with Crippen molar-refractivity contribution in [3.05, 3.63) is 59.7 Å². The third-order valence-corrected chi connectivity index (χ3v) is 5.59. The maximum Gasteiger partial charge on any atom is 0.340 e. The zero-order valence-corrected chi connectivity index (χ0v) is 18.3. The number of para-hydroxylation sites is 1. The van der Waals surface area contributed by atoms with Crippen LogP contribution in [0.15, 0.2) is 48.5 Å². The molecule has 0 N–H and O–H groups in total. The SMILES string of the molecule is CCOC(=O)c1ccccc1N(C)C(=O)c1ccc(N2CCN(C(C)C)CC2)cc1. The second kappa shape index (κ2) is 9.76. The van der Waals surface area contributed by atoms with E-state index >= 15 is 0 Å². The molecule has 1 aliphatic rings. The Labute approximate surface area is 179 Å². The van der Waals surface area contributed by atoms with Crippen molar-refractivity contribution in [3.63, 3.8) is 0 Å². The molecule has 30 heavy (non-hydrogen) atoms. The minimum absolute atomic E-state index is 0.164. The molecule has 0 radical (unpaired) electrons. The number of ether oxygens (including phenoxy) is 1. The van der Waals surface area contributed by atoms with Crippen LogP contribution in [0.3, 0.4) is 0 Å². The summed E-state index contributed by atoms with van der Waals surface area (Å²) in [6.07, 6.45) is 0. The van der Waals surface area contributed by atoms with E-state index in [9.17, 15) is 9.59 Å². The van der Waals surface area contributed by atoms with Crippen LogP contribution in [0.25, 0.3) is 0 Å². The van der Waals surface area contributed by atoms with E-state index < -0.39 is 5.97 Å². The third kappa shape index (κ3) is 4.82. The van der Waals surface area contributed by atoms with Crippen LogP contribution in [0.2, 0.25) is 0 Å². The highest BCUT2D eigenvalue weighted by atomic mass is 16.5. The van der Waals surface area contributed by atoms with Gasteiger partial charge in [0.15, 0.2) is 0 Å². The van der Waals surface area contributed by atoms with Crippen molar-refractivity contribution >= 4 is 23.3 Å². The molecule has 0 unspecified atom stereocenters. The molecular weight excluding hydrogens is 378 g/mol. The second-order valence-corrected chi connectivity index (χ2v) is 7.77. The molecule has 6 nitrogen and oxygen atoms in total. The molecule has 2 aromatic rings. The molecule has 6 heteroatoms. The fourth-order valence-electron chi connectivity index (χ4n) is 3.76. The molecule has 1 heterocycles. The molecule has 0 aliphatic carbocycles. The zero-order valence-electron chi connectivity index (χ0n) is 18.3. The minimum Gasteiger partial charge on any atom is -0.462 e. The molecule has 0 bridgehead atoms. The van der Waals surface area contributed by atoms with E-state index in [1.54, 1.807) is 32.2 Å². The van der Waals surface area contributed by atoms with Gasteiger partial charge in [-0.05, 0) is 57.2 Å². The second-order valence-electron chi connectivity index (χ2n) is 7.77. The average molecular weight is 410 g/mol.